The third-order valence-electron chi connectivity index (χ3n) is 4.60. The Morgan fingerprint density at radius 1 is 1.00 bits per heavy atom. The van der Waals surface area contributed by atoms with Gasteiger partial charge in [0.1, 0.15) is 5.75 Å². The Labute approximate surface area is 181 Å². The molecule has 1 amide bonds. The van der Waals surface area contributed by atoms with Crippen molar-refractivity contribution in [3.05, 3.63) is 60.3 Å². The second kappa shape index (κ2) is 8.23. The molecule has 31 heavy (non-hydrogen) atoms. The highest BCUT2D eigenvalue weighted by Gasteiger charge is 2.17. The lowest BCUT2D eigenvalue weighted by molar-refractivity contribution is 0.0827. The monoisotopic (exact) mass is 420 g/mol. The molecule has 0 aliphatic heterocycles. The van der Waals surface area contributed by atoms with Crippen LogP contribution in [0.3, 0.4) is 0 Å². The Balaban J connectivity index is 0.00000193. The molecule has 2 heterocycles. The molecule has 0 radical (unpaired) electrons. The van der Waals surface area contributed by atoms with E-state index in [0.717, 1.165) is 16.9 Å². The third kappa shape index (κ3) is 4.06. The first-order valence-electron chi connectivity index (χ1n) is 9.39. The van der Waals surface area contributed by atoms with E-state index in [1.165, 1.54) is 4.90 Å². The number of hydrogen-bond acceptors (Lipinski definition) is 8. The van der Waals surface area contributed by atoms with Crippen LogP contribution in [0.4, 0.5) is 5.82 Å². The fourth-order valence-corrected chi connectivity index (χ4v) is 2.91. The third-order valence-corrected chi connectivity index (χ3v) is 4.60. The molecule has 0 aliphatic rings. The smallest absolute Gasteiger partial charge is 0.270 e. The lowest BCUT2D eigenvalue weighted by Crippen LogP contribution is -2.21. The van der Waals surface area contributed by atoms with Crippen molar-refractivity contribution in [3.63, 3.8) is 0 Å². The topological polar surface area (TPSA) is 120 Å². The number of nitrogens with two attached hydrogens (primary N) is 1. The molecule has 4 aromatic rings. The summed E-state index contributed by atoms with van der Waals surface area (Å²) >= 11 is 0. The number of methoxy groups -OCH3 is 1. The maximum atomic E-state index is 12.1. The van der Waals surface area contributed by atoms with E-state index in [0.29, 0.717) is 22.8 Å². The Morgan fingerprint density at radius 2 is 1.65 bits per heavy atom. The van der Waals surface area contributed by atoms with E-state index in [-0.39, 0.29) is 20.5 Å². The van der Waals surface area contributed by atoms with Crippen LogP contribution in [0.2, 0.25) is 0 Å². The van der Waals surface area contributed by atoms with E-state index < -0.39 is 0 Å². The van der Waals surface area contributed by atoms with Crippen LogP contribution >= 0.6 is 0 Å². The van der Waals surface area contributed by atoms with Crippen molar-refractivity contribution >= 4 is 11.7 Å². The quantitative estimate of drug-likeness (QED) is 0.519. The summed E-state index contributed by atoms with van der Waals surface area (Å²) in [5, 5.41) is 8.16. The first kappa shape index (κ1) is 20.0. The first-order valence-corrected chi connectivity index (χ1v) is 9.39. The Bertz CT molecular complexity index is 1230. The Morgan fingerprint density at radius 3 is 2.29 bits per heavy atom. The molecule has 0 aliphatic carbocycles. The van der Waals surface area contributed by atoms with Crippen LogP contribution in [0, 0.1) is 0 Å². The molecule has 9 heteroatoms. The average Bonchev–Trinajstić information content (AvgIpc) is 3.29. The predicted molar refractivity (Wildman–Crippen MR) is 119 cm³/mol. The van der Waals surface area contributed by atoms with E-state index in [1.54, 1.807) is 63.8 Å². The minimum atomic E-state index is -0.0763. The number of nitrogen functional groups attached to an aromatic ring is 1. The summed E-state index contributed by atoms with van der Waals surface area (Å²) in [5.74, 6) is 1.32. The van der Waals surface area contributed by atoms with Crippen molar-refractivity contribution in [2.75, 3.05) is 26.9 Å². The minimum absolute atomic E-state index is 0. The molecule has 0 unspecified atom stereocenters. The zero-order valence-corrected chi connectivity index (χ0v) is 17.2. The average molecular weight is 420 g/mol. The summed E-state index contributed by atoms with van der Waals surface area (Å²) in [4.78, 5) is 22.4. The SMILES string of the molecule is COc1ccc(-c2nnc(-c3nc(-c4ccc(C(=O)N(C)C)cc4)cnc3N)o2)cc1.[HH].[HH]. The first-order chi connectivity index (χ1) is 15.0. The highest BCUT2D eigenvalue weighted by molar-refractivity contribution is 5.94. The van der Waals surface area contributed by atoms with E-state index in [1.807, 2.05) is 12.1 Å². The van der Waals surface area contributed by atoms with Crippen molar-refractivity contribution in [2.24, 2.45) is 0 Å². The van der Waals surface area contributed by atoms with Gasteiger partial charge in [0.2, 0.25) is 5.89 Å². The number of carbonyl (C=O) groups is 1. The Hall–Kier alpha value is -4.27. The number of nitrogens with zero attached hydrogens (tertiary/aromatic N) is 5. The number of carbonyl (C=O) groups excluding carboxylic acids is 1. The molecule has 4 rings (SSSR count). The van der Waals surface area contributed by atoms with Gasteiger partial charge in [0.15, 0.2) is 11.5 Å². The molecule has 0 atom stereocenters. The molecular formula is C22H24N6O3. The van der Waals surface area contributed by atoms with Crippen LogP contribution in [-0.2, 0) is 0 Å². The van der Waals surface area contributed by atoms with Gasteiger partial charge in [-0.3, -0.25) is 4.79 Å². The maximum Gasteiger partial charge on any atom is 0.270 e. The number of benzene rings is 2. The van der Waals surface area contributed by atoms with Gasteiger partial charge in [-0.25, -0.2) is 9.97 Å². The second-order valence-electron chi connectivity index (χ2n) is 6.91. The lowest BCUT2D eigenvalue weighted by atomic mass is 10.1. The van der Waals surface area contributed by atoms with Gasteiger partial charge in [-0.05, 0) is 36.4 Å². The van der Waals surface area contributed by atoms with Crippen molar-refractivity contribution in [1.29, 1.82) is 0 Å². The zero-order valence-electron chi connectivity index (χ0n) is 17.2. The fourth-order valence-electron chi connectivity index (χ4n) is 2.91. The van der Waals surface area contributed by atoms with E-state index in [2.05, 4.69) is 20.2 Å². The van der Waals surface area contributed by atoms with Gasteiger partial charge in [-0.15, -0.1) is 10.2 Å². The van der Waals surface area contributed by atoms with Gasteiger partial charge >= 0.3 is 0 Å². The molecule has 0 saturated carbocycles. The molecule has 0 spiro atoms. The van der Waals surface area contributed by atoms with Crippen LogP contribution in [0.25, 0.3) is 34.3 Å². The van der Waals surface area contributed by atoms with Gasteiger partial charge < -0.3 is 19.8 Å². The number of hydrogen-bond donors (Lipinski definition) is 1. The summed E-state index contributed by atoms with van der Waals surface area (Å²) in [5.41, 5.74) is 8.97. The van der Waals surface area contributed by atoms with Gasteiger partial charge in [-0.1, -0.05) is 12.1 Å². The highest BCUT2D eigenvalue weighted by atomic mass is 16.5. The molecule has 160 valence electrons. The van der Waals surface area contributed by atoms with Crippen LogP contribution < -0.4 is 10.5 Å². The number of rotatable bonds is 5. The normalized spacial score (nSPS) is 10.7. The molecule has 2 aromatic heterocycles. The van der Waals surface area contributed by atoms with Crippen LogP contribution in [0.5, 0.6) is 5.75 Å². The van der Waals surface area contributed by atoms with Gasteiger partial charge in [-0.2, -0.15) is 0 Å². The standard InChI is InChI=1S/C22H20N6O3.2H2/c1-28(2)22(29)15-6-4-13(5-7-15)17-12-24-19(23)18(25-17)21-27-26-20(31-21)14-8-10-16(30-3)11-9-14;;/h4-12H,1-3H3,(H2,23,24);2*1H. The number of aromatic nitrogens is 4. The highest BCUT2D eigenvalue weighted by Crippen LogP contribution is 2.28. The van der Waals surface area contributed by atoms with Crippen molar-refractivity contribution < 1.29 is 16.8 Å². The van der Waals surface area contributed by atoms with Crippen molar-refractivity contribution in [3.8, 4) is 40.0 Å². The maximum absolute atomic E-state index is 12.1. The summed E-state index contributed by atoms with van der Waals surface area (Å²) in [6, 6.07) is 14.3. The van der Waals surface area contributed by atoms with Gasteiger partial charge in [0.25, 0.3) is 11.8 Å². The molecule has 2 N–H and O–H groups in total. The summed E-state index contributed by atoms with van der Waals surface area (Å²) < 4.78 is 10.9. The summed E-state index contributed by atoms with van der Waals surface area (Å²) in [6.45, 7) is 0. The molecule has 0 saturated heterocycles. The summed E-state index contributed by atoms with van der Waals surface area (Å²) in [6.07, 6.45) is 1.56. The van der Waals surface area contributed by atoms with Gasteiger partial charge in [0.05, 0.1) is 19.0 Å². The van der Waals surface area contributed by atoms with E-state index in [4.69, 9.17) is 14.9 Å². The molecular weight excluding hydrogens is 396 g/mol. The van der Waals surface area contributed by atoms with Crippen molar-refractivity contribution in [2.45, 2.75) is 0 Å². The van der Waals surface area contributed by atoms with Crippen LogP contribution in [-0.4, -0.2) is 52.2 Å². The number of ether oxygens (including phenoxy) is 1. The molecule has 0 bridgehead atoms. The number of amides is 1. The van der Waals surface area contributed by atoms with Gasteiger partial charge in [0, 0.05) is 33.6 Å². The van der Waals surface area contributed by atoms with Crippen molar-refractivity contribution in [1.82, 2.24) is 25.1 Å². The Kier molecular flexibility index (Phi) is 5.31. The molecule has 2 aromatic carbocycles. The molecule has 0 fully saturated rings. The fraction of sp³-hybridized carbons (Fsp3) is 0.136. The lowest BCUT2D eigenvalue weighted by Gasteiger charge is -2.10. The summed E-state index contributed by atoms with van der Waals surface area (Å²) in [7, 11) is 5.01. The van der Waals surface area contributed by atoms with E-state index in [9.17, 15) is 4.79 Å². The van der Waals surface area contributed by atoms with E-state index >= 15 is 0 Å². The largest absolute Gasteiger partial charge is 0.497 e. The van der Waals surface area contributed by atoms with Crippen LogP contribution in [0.15, 0.2) is 59.1 Å². The predicted octanol–water partition coefficient (Wildman–Crippen LogP) is 3.65. The minimum Gasteiger partial charge on any atom is -0.497 e. The number of anilines is 1. The zero-order chi connectivity index (χ0) is 22.0. The second-order valence-corrected chi connectivity index (χ2v) is 6.91. The molecule has 9 nitrogen and oxygen atoms in total. The van der Waals surface area contributed by atoms with Crippen LogP contribution in [0.1, 0.15) is 13.2 Å².